The number of rotatable bonds is 6. The van der Waals surface area contributed by atoms with Gasteiger partial charge < -0.3 is 4.74 Å². The van der Waals surface area contributed by atoms with Crippen molar-refractivity contribution in [3.8, 4) is 0 Å². The van der Waals surface area contributed by atoms with Crippen LogP contribution in [-0.2, 0) is 9.53 Å². The van der Waals surface area contributed by atoms with Crippen LogP contribution in [0, 0.1) is 0 Å². The number of esters is 1. The average Bonchev–Trinajstić information content (AvgIpc) is 2.59. The fraction of sp³-hybridized carbons (Fsp3) is 0.923. The highest BCUT2D eigenvalue weighted by molar-refractivity contribution is 5.69. The Morgan fingerprint density at radius 1 is 1.20 bits per heavy atom. The van der Waals surface area contributed by atoms with Gasteiger partial charge in [0.1, 0.15) is 5.60 Å². The van der Waals surface area contributed by atoms with Crippen molar-refractivity contribution in [3.05, 3.63) is 0 Å². The Balaban J connectivity index is 2.12. The van der Waals surface area contributed by atoms with Gasteiger partial charge in [-0.25, -0.2) is 0 Å². The molecule has 88 valence electrons. The van der Waals surface area contributed by atoms with Crippen LogP contribution in [0.1, 0.15) is 71.6 Å². The van der Waals surface area contributed by atoms with Crippen LogP contribution in [-0.4, -0.2) is 11.6 Å². The Morgan fingerprint density at radius 3 is 2.47 bits per heavy atom. The molecule has 0 aromatic carbocycles. The minimum absolute atomic E-state index is 0.00973. The molecule has 0 heterocycles. The van der Waals surface area contributed by atoms with E-state index in [1.165, 1.54) is 25.7 Å². The maximum Gasteiger partial charge on any atom is 0.306 e. The summed E-state index contributed by atoms with van der Waals surface area (Å²) in [5.74, 6) is 0.00973. The zero-order valence-electron chi connectivity index (χ0n) is 10.2. The summed E-state index contributed by atoms with van der Waals surface area (Å²) in [5, 5.41) is 0. The molecular formula is C13H24O2. The van der Waals surface area contributed by atoms with Gasteiger partial charge in [-0.05, 0) is 39.0 Å². The number of hydrogen-bond donors (Lipinski definition) is 0. The van der Waals surface area contributed by atoms with Gasteiger partial charge in [-0.1, -0.05) is 26.2 Å². The van der Waals surface area contributed by atoms with Crippen LogP contribution in [0.3, 0.4) is 0 Å². The number of hydrogen-bond acceptors (Lipinski definition) is 2. The molecule has 0 atom stereocenters. The fourth-order valence-corrected chi connectivity index (χ4v) is 2.25. The normalized spacial score (nSPS) is 19.1. The van der Waals surface area contributed by atoms with E-state index in [0.717, 1.165) is 25.7 Å². The maximum atomic E-state index is 11.5. The van der Waals surface area contributed by atoms with Crippen molar-refractivity contribution in [2.45, 2.75) is 77.2 Å². The average molecular weight is 212 g/mol. The second-order valence-corrected chi connectivity index (χ2v) is 4.94. The number of carbonyl (C=O) groups is 1. The predicted octanol–water partition coefficient (Wildman–Crippen LogP) is 3.83. The lowest BCUT2D eigenvalue weighted by Crippen LogP contribution is -2.27. The third-order valence-corrected chi connectivity index (χ3v) is 3.26. The Kier molecular flexibility index (Phi) is 5.13. The van der Waals surface area contributed by atoms with Crippen LogP contribution in [0.5, 0.6) is 0 Å². The van der Waals surface area contributed by atoms with E-state index >= 15 is 0 Å². The van der Waals surface area contributed by atoms with Gasteiger partial charge in [0.2, 0.25) is 0 Å². The molecule has 15 heavy (non-hydrogen) atoms. The van der Waals surface area contributed by atoms with E-state index < -0.39 is 0 Å². The summed E-state index contributed by atoms with van der Waals surface area (Å²) in [4.78, 5) is 11.5. The van der Waals surface area contributed by atoms with E-state index in [-0.39, 0.29) is 11.6 Å². The molecule has 1 aliphatic carbocycles. The van der Waals surface area contributed by atoms with Crippen molar-refractivity contribution >= 4 is 5.97 Å². The van der Waals surface area contributed by atoms with Crippen LogP contribution >= 0.6 is 0 Å². The van der Waals surface area contributed by atoms with Crippen molar-refractivity contribution in [1.29, 1.82) is 0 Å². The SMILES string of the molecule is CCCCCCC(=O)OC1(C)CCCC1. The lowest BCUT2D eigenvalue weighted by Gasteiger charge is -2.23. The number of unbranched alkanes of at least 4 members (excludes halogenated alkanes) is 3. The van der Waals surface area contributed by atoms with Gasteiger partial charge in [0.25, 0.3) is 0 Å². The molecular weight excluding hydrogens is 188 g/mol. The molecule has 0 N–H and O–H groups in total. The fourth-order valence-electron chi connectivity index (χ4n) is 2.25. The molecule has 1 rings (SSSR count). The van der Waals surface area contributed by atoms with Crippen molar-refractivity contribution in [2.75, 3.05) is 0 Å². The first-order valence-corrected chi connectivity index (χ1v) is 6.38. The van der Waals surface area contributed by atoms with Crippen molar-refractivity contribution < 1.29 is 9.53 Å². The summed E-state index contributed by atoms with van der Waals surface area (Å²) >= 11 is 0. The first-order valence-electron chi connectivity index (χ1n) is 6.38. The zero-order valence-corrected chi connectivity index (χ0v) is 10.2. The molecule has 0 amide bonds. The monoisotopic (exact) mass is 212 g/mol. The molecule has 0 aliphatic heterocycles. The topological polar surface area (TPSA) is 26.3 Å². The van der Waals surface area contributed by atoms with Gasteiger partial charge >= 0.3 is 5.97 Å². The van der Waals surface area contributed by atoms with Crippen LogP contribution in [0.4, 0.5) is 0 Å². The van der Waals surface area contributed by atoms with Crippen LogP contribution in [0.2, 0.25) is 0 Å². The molecule has 0 spiro atoms. The van der Waals surface area contributed by atoms with Gasteiger partial charge in [-0.15, -0.1) is 0 Å². The van der Waals surface area contributed by atoms with Crippen LogP contribution < -0.4 is 0 Å². The van der Waals surface area contributed by atoms with E-state index in [9.17, 15) is 4.79 Å². The minimum atomic E-state index is -0.137. The summed E-state index contributed by atoms with van der Waals surface area (Å²) in [6.07, 6.45) is 9.71. The largest absolute Gasteiger partial charge is 0.459 e. The summed E-state index contributed by atoms with van der Waals surface area (Å²) < 4.78 is 5.54. The molecule has 1 saturated carbocycles. The predicted molar refractivity (Wildman–Crippen MR) is 61.7 cm³/mol. The highest BCUT2D eigenvalue weighted by Gasteiger charge is 2.32. The van der Waals surface area contributed by atoms with E-state index in [4.69, 9.17) is 4.74 Å². The first-order chi connectivity index (χ1) is 7.16. The van der Waals surface area contributed by atoms with Gasteiger partial charge in [0.15, 0.2) is 0 Å². The second kappa shape index (κ2) is 6.14. The summed E-state index contributed by atoms with van der Waals surface area (Å²) in [6.45, 7) is 4.25. The standard InChI is InChI=1S/C13H24O2/c1-3-4-5-6-9-12(14)15-13(2)10-7-8-11-13/h3-11H2,1-2H3. The lowest BCUT2D eigenvalue weighted by atomic mass is 10.1. The van der Waals surface area contributed by atoms with Gasteiger partial charge in [-0.3, -0.25) is 4.79 Å². The highest BCUT2D eigenvalue weighted by atomic mass is 16.6. The van der Waals surface area contributed by atoms with Gasteiger partial charge in [0.05, 0.1) is 0 Å². The summed E-state index contributed by atoms with van der Waals surface area (Å²) in [6, 6.07) is 0. The molecule has 0 bridgehead atoms. The molecule has 1 fully saturated rings. The molecule has 2 heteroatoms. The van der Waals surface area contributed by atoms with Crippen molar-refractivity contribution in [3.63, 3.8) is 0 Å². The molecule has 1 aliphatic rings. The Hall–Kier alpha value is -0.530. The molecule has 0 radical (unpaired) electrons. The van der Waals surface area contributed by atoms with Crippen LogP contribution in [0.25, 0.3) is 0 Å². The lowest BCUT2D eigenvalue weighted by molar-refractivity contribution is -0.157. The number of ether oxygens (including phenoxy) is 1. The van der Waals surface area contributed by atoms with Gasteiger partial charge in [0, 0.05) is 6.42 Å². The molecule has 0 saturated heterocycles. The van der Waals surface area contributed by atoms with E-state index in [1.54, 1.807) is 0 Å². The highest BCUT2D eigenvalue weighted by Crippen LogP contribution is 2.32. The van der Waals surface area contributed by atoms with Crippen LogP contribution in [0.15, 0.2) is 0 Å². The molecule has 0 aromatic heterocycles. The third-order valence-electron chi connectivity index (χ3n) is 3.26. The zero-order chi connectivity index (χ0) is 11.1. The Morgan fingerprint density at radius 2 is 1.87 bits per heavy atom. The Labute approximate surface area is 93.4 Å². The van der Waals surface area contributed by atoms with Crippen molar-refractivity contribution in [1.82, 2.24) is 0 Å². The Bertz CT molecular complexity index is 193. The van der Waals surface area contributed by atoms with E-state index in [1.807, 2.05) is 0 Å². The van der Waals surface area contributed by atoms with Crippen molar-refractivity contribution in [2.24, 2.45) is 0 Å². The molecule has 0 aromatic rings. The molecule has 0 unspecified atom stereocenters. The summed E-state index contributed by atoms with van der Waals surface area (Å²) in [7, 11) is 0. The quantitative estimate of drug-likeness (QED) is 0.494. The maximum absolute atomic E-state index is 11.5. The minimum Gasteiger partial charge on any atom is -0.459 e. The first kappa shape index (κ1) is 12.5. The molecule has 2 nitrogen and oxygen atoms in total. The van der Waals surface area contributed by atoms with Gasteiger partial charge in [-0.2, -0.15) is 0 Å². The summed E-state index contributed by atoms with van der Waals surface area (Å²) in [5.41, 5.74) is -0.137. The third kappa shape index (κ3) is 4.67. The second-order valence-electron chi connectivity index (χ2n) is 4.94. The van der Waals surface area contributed by atoms with E-state index in [0.29, 0.717) is 6.42 Å². The van der Waals surface area contributed by atoms with E-state index in [2.05, 4.69) is 13.8 Å². The number of carbonyl (C=O) groups excluding carboxylic acids is 1. The smallest absolute Gasteiger partial charge is 0.306 e.